The number of hydrogen-bond donors (Lipinski definition) is 8. The van der Waals surface area contributed by atoms with Gasteiger partial charge in [-0.25, -0.2) is 0 Å². The van der Waals surface area contributed by atoms with Gasteiger partial charge in [0.25, 0.3) is 0 Å². The van der Waals surface area contributed by atoms with E-state index < -0.39 is 53.8 Å². The minimum atomic E-state index is -1.27. The quantitative estimate of drug-likeness (QED) is 0.0563. The number of rotatable bonds is 17. The van der Waals surface area contributed by atoms with Crippen molar-refractivity contribution in [2.75, 3.05) is 18.6 Å². The van der Waals surface area contributed by atoms with Crippen molar-refractivity contribution in [1.29, 1.82) is 0 Å². The van der Waals surface area contributed by atoms with E-state index in [2.05, 4.69) is 20.9 Å². The SMILES string of the molecule is CSCCC(NC(=O)C(N)CCCN=C(N)N)C(=O)NC(CCC(N)=O)C(=O)NC(C)C(=O)O. The number of primary amides is 1. The molecule has 0 bridgehead atoms. The van der Waals surface area contributed by atoms with Crippen LogP contribution in [0.4, 0.5) is 0 Å². The second-order valence-electron chi connectivity index (χ2n) is 7.53. The maximum atomic E-state index is 12.9. The number of thioether (sulfide) groups is 1. The Balaban J connectivity index is 5.26. The third-order valence-electron chi connectivity index (χ3n) is 4.59. The molecule has 0 aromatic rings. The third kappa shape index (κ3) is 13.5. The summed E-state index contributed by atoms with van der Waals surface area (Å²) in [7, 11) is 0. The van der Waals surface area contributed by atoms with E-state index in [0.717, 1.165) is 0 Å². The smallest absolute Gasteiger partial charge is 0.325 e. The van der Waals surface area contributed by atoms with Crippen molar-refractivity contribution in [2.24, 2.45) is 27.9 Å². The van der Waals surface area contributed by atoms with Crippen LogP contribution in [0.25, 0.3) is 0 Å². The van der Waals surface area contributed by atoms with E-state index in [4.69, 9.17) is 28.0 Å². The van der Waals surface area contributed by atoms with E-state index in [0.29, 0.717) is 18.7 Å². The number of nitrogens with two attached hydrogens (primary N) is 4. The van der Waals surface area contributed by atoms with Gasteiger partial charge in [0, 0.05) is 13.0 Å². The van der Waals surface area contributed by atoms with E-state index >= 15 is 0 Å². The molecule has 0 radical (unpaired) electrons. The van der Waals surface area contributed by atoms with Gasteiger partial charge in [0.1, 0.15) is 18.1 Å². The van der Waals surface area contributed by atoms with Crippen LogP contribution in [-0.2, 0) is 24.0 Å². The molecule has 194 valence electrons. The summed E-state index contributed by atoms with van der Waals surface area (Å²) < 4.78 is 0. The average Bonchev–Trinajstić information content (AvgIpc) is 2.75. The number of amides is 4. The van der Waals surface area contributed by atoms with E-state index in [9.17, 15) is 24.0 Å². The number of carbonyl (C=O) groups is 5. The zero-order chi connectivity index (χ0) is 26.3. The highest BCUT2D eigenvalue weighted by Crippen LogP contribution is 2.06. The molecule has 34 heavy (non-hydrogen) atoms. The van der Waals surface area contributed by atoms with Gasteiger partial charge >= 0.3 is 5.97 Å². The van der Waals surface area contributed by atoms with Crippen molar-refractivity contribution in [1.82, 2.24) is 16.0 Å². The molecule has 4 unspecified atom stereocenters. The summed E-state index contributed by atoms with van der Waals surface area (Å²) in [6.45, 7) is 1.55. The van der Waals surface area contributed by atoms with Gasteiger partial charge in [0.15, 0.2) is 5.96 Å². The van der Waals surface area contributed by atoms with Gasteiger partial charge in [-0.05, 0) is 44.6 Å². The van der Waals surface area contributed by atoms with Crippen molar-refractivity contribution >= 4 is 47.3 Å². The van der Waals surface area contributed by atoms with Crippen molar-refractivity contribution < 1.29 is 29.1 Å². The van der Waals surface area contributed by atoms with Gasteiger partial charge in [-0.3, -0.25) is 29.0 Å². The van der Waals surface area contributed by atoms with Crippen LogP contribution in [0.15, 0.2) is 4.99 Å². The van der Waals surface area contributed by atoms with Gasteiger partial charge in [-0.15, -0.1) is 0 Å². The van der Waals surface area contributed by atoms with Crippen LogP contribution < -0.4 is 38.9 Å². The molecule has 0 aliphatic heterocycles. The van der Waals surface area contributed by atoms with Crippen LogP contribution in [0.2, 0.25) is 0 Å². The predicted octanol–water partition coefficient (Wildman–Crippen LogP) is -3.06. The molecule has 0 aliphatic rings. The van der Waals surface area contributed by atoms with Crippen molar-refractivity contribution in [3.63, 3.8) is 0 Å². The molecule has 4 amide bonds. The third-order valence-corrected chi connectivity index (χ3v) is 5.23. The molecule has 0 aromatic heterocycles. The Bertz CT molecular complexity index is 746. The molecular weight excluding hydrogens is 468 g/mol. The van der Waals surface area contributed by atoms with E-state index in [1.807, 2.05) is 6.26 Å². The van der Waals surface area contributed by atoms with Gasteiger partial charge in [0.2, 0.25) is 23.6 Å². The van der Waals surface area contributed by atoms with Gasteiger partial charge < -0.3 is 44.0 Å². The first-order valence-corrected chi connectivity index (χ1v) is 12.0. The van der Waals surface area contributed by atoms with Crippen LogP contribution in [0.1, 0.15) is 39.0 Å². The Morgan fingerprint density at radius 2 is 1.47 bits per heavy atom. The van der Waals surface area contributed by atoms with Gasteiger partial charge in [-0.1, -0.05) is 0 Å². The maximum Gasteiger partial charge on any atom is 0.325 e. The molecule has 15 heteroatoms. The van der Waals surface area contributed by atoms with Crippen LogP contribution >= 0.6 is 11.8 Å². The van der Waals surface area contributed by atoms with Crippen molar-refractivity contribution in [3.8, 4) is 0 Å². The Kier molecular flexibility index (Phi) is 15.0. The molecule has 0 spiro atoms. The molecular formula is C19H36N8O6S. The van der Waals surface area contributed by atoms with Crippen LogP contribution in [0.3, 0.4) is 0 Å². The lowest BCUT2D eigenvalue weighted by molar-refractivity contribution is -0.142. The van der Waals surface area contributed by atoms with Gasteiger partial charge in [-0.2, -0.15) is 11.8 Å². The van der Waals surface area contributed by atoms with Crippen LogP contribution in [0, 0.1) is 0 Å². The van der Waals surface area contributed by atoms with E-state index in [1.165, 1.54) is 18.7 Å². The maximum absolute atomic E-state index is 12.9. The fourth-order valence-corrected chi connectivity index (χ4v) is 3.11. The fraction of sp³-hybridized carbons (Fsp3) is 0.684. The molecule has 0 heterocycles. The molecule has 0 fully saturated rings. The lowest BCUT2D eigenvalue weighted by Crippen LogP contribution is -2.57. The normalized spacial score (nSPS) is 14.1. The number of aliphatic imine (C=N–C) groups is 1. The molecule has 0 saturated heterocycles. The minimum absolute atomic E-state index is 0.0699. The number of carbonyl (C=O) groups excluding carboxylic acids is 4. The van der Waals surface area contributed by atoms with Crippen molar-refractivity contribution in [2.45, 2.75) is 63.2 Å². The molecule has 0 aliphatic carbocycles. The number of nitrogens with one attached hydrogen (secondary N) is 3. The first kappa shape index (κ1) is 30.9. The second kappa shape index (κ2) is 16.5. The number of guanidine groups is 1. The number of hydrogen-bond acceptors (Lipinski definition) is 8. The first-order valence-electron chi connectivity index (χ1n) is 10.6. The Hall–Kier alpha value is -3.07. The summed E-state index contributed by atoms with van der Waals surface area (Å²) in [6.07, 6.45) is 2.42. The molecule has 4 atom stereocenters. The standard InChI is InChI=1S/C19H36N8O6S/c1-10(18(32)33)25-16(30)12(5-6-14(21)28)27-17(31)13(7-9-34-2)26-15(29)11(20)4-3-8-24-19(22)23/h10-13H,3-9,20H2,1-2H3,(H2,21,28)(H,25,30)(H,26,29)(H,27,31)(H,32,33)(H4,22,23,24). The summed E-state index contributed by atoms with van der Waals surface area (Å²) in [4.78, 5) is 63.9. The lowest BCUT2D eigenvalue weighted by Gasteiger charge is -2.24. The number of carboxylic acid groups (broad SMARTS) is 1. The summed E-state index contributed by atoms with van der Waals surface area (Å²) in [5.74, 6) is -3.56. The first-order chi connectivity index (χ1) is 15.9. The topological polar surface area (TPSA) is 258 Å². The summed E-state index contributed by atoms with van der Waals surface area (Å²) >= 11 is 1.45. The summed E-state index contributed by atoms with van der Waals surface area (Å²) in [5.41, 5.74) is 21.5. The zero-order valence-electron chi connectivity index (χ0n) is 19.4. The average molecular weight is 505 g/mol. The minimum Gasteiger partial charge on any atom is -0.480 e. The fourth-order valence-electron chi connectivity index (χ4n) is 2.64. The highest BCUT2D eigenvalue weighted by atomic mass is 32.2. The molecule has 0 aromatic carbocycles. The molecule has 0 saturated carbocycles. The number of aliphatic carboxylic acids is 1. The molecule has 12 N–H and O–H groups in total. The predicted molar refractivity (Wildman–Crippen MR) is 128 cm³/mol. The van der Waals surface area contributed by atoms with E-state index in [-0.39, 0.29) is 31.6 Å². The van der Waals surface area contributed by atoms with Gasteiger partial charge in [0.05, 0.1) is 6.04 Å². The second-order valence-corrected chi connectivity index (χ2v) is 8.52. The van der Waals surface area contributed by atoms with E-state index in [1.54, 1.807) is 0 Å². The van der Waals surface area contributed by atoms with Crippen LogP contribution in [-0.4, -0.2) is 83.4 Å². The number of nitrogens with zero attached hydrogens (tertiary/aromatic N) is 1. The largest absolute Gasteiger partial charge is 0.480 e. The van der Waals surface area contributed by atoms with Crippen LogP contribution in [0.5, 0.6) is 0 Å². The lowest BCUT2D eigenvalue weighted by atomic mass is 10.1. The van der Waals surface area contributed by atoms with Crippen molar-refractivity contribution in [3.05, 3.63) is 0 Å². The summed E-state index contributed by atoms with van der Waals surface area (Å²) in [5, 5.41) is 16.3. The monoisotopic (exact) mass is 504 g/mol. The Labute approximate surface area is 202 Å². The highest BCUT2D eigenvalue weighted by Gasteiger charge is 2.29. The number of carboxylic acids is 1. The zero-order valence-corrected chi connectivity index (χ0v) is 20.2. The Morgan fingerprint density at radius 1 is 0.912 bits per heavy atom. The highest BCUT2D eigenvalue weighted by molar-refractivity contribution is 7.98. The Morgan fingerprint density at radius 3 is 2.00 bits per heavy atom. The molecule has 14 nitrogen and oxygen atoms in total. The molecule has 0 rings (SSSR count). The summed E-state index contributed by atoms with van der Waals surface area (Å²) in [6, 6.07) is -4.37.